The number of hydrogen-bond acceptors (Lipinski definition) is 10. The zero-order valence-electron chi connectivity index (χ0n) is 17.7. The molecule has 0 fully saturated rings. The van der Waals surface area contributed by atoms with Gasteiger partial charge in [-0.3, -0.25) is 9.59 Å². The van der Waals surface area contributed by atoms with Gasteiger partial charge in [0.1, 0.15) is 22.5 Å². The molecule has 0 saturated heterocycles. The topological polar surface area (TPSA) is 185 Å². The Kier molecular flexibility index (Phi) is 5.09. The minimum Gasteiger partial charge on any atom is -0.595 e. The molecule has 2 atom stereocenters. The van der Waals surface area contributed by atoms with Crippen molar-refractivity contribution in [3.05, 3.63) is 75.1 Å². The average molecular weight is 479 g/mol. The van der Waals surface area contributed by atoms with Gasteiger partial charge >= 0.3 is 5.97 Å². The highest BCUT2D eigenvalue weighted by molar-refractivity contribution is 5.94. The van der Waals surface area contributed by atoms with E-state index in [4.69, 9.17) is 9.15 Å². The maximum atomic E-state index is 13.1. The third-order valence-electron chi connectivity index (χ3n) is 5.84. The minimum atomic E-state index is -1.17. The van der Waals surface area contributed by atoms with Crippen molar-refractivity contribution in [1.82, 2.24) is 0 Å². The largest absolute Gasteiger partial charge is 0.595 e. The molecule has 3 aromatic carbocycles. The molecule has 5 rings (SSSR count). The molecule has 0 aliphatic carbocycles. The molecule has 178 valence electrons. The van der Waals surface area contributed by atoms with Gasteiger partial charge in [0.05, 0.1) is 6.42 Å². The smallest absolute Gasteiger partial charge is 0.312 e. The first-order chi connectivity index (χ1) is 16.7. The number of phenols is 3. The van der Waals surface area contributed by atoms with Gasteiger partial charge in [0, 0.05) is 35.2 Å². The second-order valence-electron chi connectivity index (χ2n) is 7.99. The van der Waals surface area contributed by atoms with Crippen molar-refractivity contribution >= 4 is 22.6 Å². The van der Waals surface area contributed by atoms with E-state index in [1.165, 1.54) is 24.3 Å². The number of carbonyl (C=O) groups excluding carboxylic acids is 1. The summed E-state index contributed by atoms with van der Waals surface area (Å²) in [5.74, 6) is -4.32. The first-order valence-corrected chi connectivity index (χ1v) is 10.3. The highest BCUT2D eigenvalue weighted by atomic mass is 16.8. The lowest BCUT2D eigenvalue weighted by Gasteiger charge is -2.26. The molecule has 1 aliphatic rings. The number of phenolic OH excluding ortho intramolecular Hbond substituents is 3. The van der Waals surface area contributed by atoms with Crippen LogP contribution >= 0.6 is 0 Å². The van der Waals surface area contributed by atoms with Crippen molar-refractivity contribution in [2.75, 3.05) is 0 Å². The Balaban J connectivity index is 1.84. The molecule has 1 aromatic heterocycles. The number of benzene rings is 3. The van der Waals surface area contributed by atoms with Gasteiger partial charge in [0.15, 0.2) is 22.9 Å². The van der Waals surface area contributed by atoms with E-state index >= 15 is 0 Å². The van der Waals surface area contributed by atoms with Crippen LogP contribution in [-0.4, -0.2) is 31.6 Å². The molecule has 0 amide bonds. The zero-order chi connectivity index (χ0) is 25.0. The summed E-state index contributed by atoms with van der Waals surface area (Å²) in [4.78, 5) is 25.4. The Hall–Kier alpha value is -4.58. The van der Waals surface area contributed by atoms with E-state index in [1.54, 1.807) is 6.07 Å². The molecule has 0 spiro atoms. The Bertz CT molecular complexity index is 1570. The highest BCUT2D eigenvalue weighted by Crippen LogP contribution is 2.47. The standard InChI is InChI=1S/C24H17NO10/c26-14-5-4-11(7-15(14)27)23-22(31)21(30)20-16(28)9-17-19(24(20)35-23)13(8-18(29)34-17)10-2-1-3-12(6-10)25(32)33/h1-7,9,13,25-28,31-32H,8H2. The molecule has 4 aromatic rings. The lowest BCUT2D eigenvalue weighted by molar-refractivity contribution is -0.991. The Morgan fingerprint density at radius 3 is 2.43 bits per heavy atom. The van der Waals surface area contributed by atoms with Crippen molar-refractivity contribution in [1.29, 1.82) is 0 Å². The molecule has 0 bridgehead atoms. The third kappa shape index (κ3) is 3.60. The van der Waals surface area contributed by atoms with Gasteiger partial charge in [0.25, 0.3) is 0 Å². The van der Waals surface area contributed by atoms with Crippen molar-refractivity contribution < 1.29 is 44.8 Å². The molecule has 35 heavy (non-hydrogen) atoms. The van der Waals surface area contributed by atoms with Gasteiger partial charge in [0.2, 0.25) is 11.2 Å². The van der Waals surface area contributed by atoms with Crippen LogP contribution < -0.4 is 15.4 Å². The number of hydrogen-bond donors (Lipinski definition) is 6. The fourth-order valence-corrected chi connectivity index (χ4v) is 4.22. The number of carbonyl (C=O) groups is 1. The van der Waals surface area contributed by atoms with Gasteiger partial charge in [-0.2, -0.15) is 5.23 Å². The number of nitrogens with one attached hydrogen (secondary N) is 1. The molecule has 2 heterocycles. The lowest BCUT2D eigenvalue weighted by Crippen LogP contribution is -2.99. The SMILES string of the molecule is O=C1CC(c2cccc([NH+]([O-])O)c2)c2c(cc(O)c3c(=O)c(O)c(-c4ccc(O)c(O)c4)oc23)O1. The molecular weight excluding hydrogens is 462 g/mol. The number of aromatic hydroxyl groups is 4. The van der Waals surface area contributed by atoms with Crippen molar-refractivity contribution in [3.8, 4) is 40.1 Å². The first kappa shape index (κ1) is 22.2. The third-order valence-corrected chi connectivity index (χ3v) is 5.84. The number of esters is 1. The molecule has 0 saturated carbocycles. The maximum absolute atomic E-state index is 13.1. The van der Waals surface area contributed by atoms with Crippen LogP contribution in [0.25, 0.3) is 22.3 Å². The summed E-state index contributed by atoms with van der Waals surface area (Å²) in [5.41, 5.74) is -0.528. The summed E-state index contributed by atoms with van der Waals surface area (Å²) >= 11 is 0. The van der Waals surface area contributed by atoms with E-state index in [-0.39, 0.29) is 45.7 Å². The van der Waals surface area contributed by atoms with E-state index in [1.807, 2.05) is 0 Å². The van der Waals surface area contributed by atoms with E-state index < -0.39 is 45.5 Å². The average Bonchev–Trinajstić information content (AvgIpc) is 2.82. The van der Waals surface area contributed by atoms with Gasteiger partial charge in [-0.1, -0.05) is 12.1 Å². The summed E-state index contributed by atoms with van der Waals surface area (Å²) in [6.45, 7) is 0. The Labute approximate surface area is 195 Å². The van der Waals surface area contributed by atoms with Gasteiger partial charge < -0.3 is 34.8 Å². The maximum Gasteiger partial charge on any atom is 0.312 e. The predicted molar refractivity (Wildman–Crippen MR) is 119 cm³/mol. The van der Waals surface area contributed by atoms with Gasteiger partial charge in [-0.15, -0.1) is 0 Å². The molecule has 6 N–H and O–H groups in total. The summed E-state index contributed by atoms with van der Waals surface area (Å²) in [6, 6.07) is 10.4. The molecule has 2 unspecified atom stereocenters. The fourth-order valence-electron chi connectivity index (χ4n) is 4.22. The summed E-state index contributed by atoms with van der Waals surface area (Å²) in [7, 11) is 0. The number of fused-ring (bicyclic) bond motifs is 3. The highest BCUT2D eigenvalue weighted by Gasteiger charge is 2.35. The van der Waals surface area contributed by atoms with Crippen molar-refractivity contribution in [3.63, 3.8) is 0 Å². The van der Waals surface area contributed by atoms with E-state index in [9.17, 15) is 40.4 Å². The van der Waals surface area contributed by atoms with E-state index in [2.05, 4.69) is 0 Å². The second-order valence-corrected chi connectivity index (χ2v) is 7.99. The quantitative estimate of drug-likeness (QED) is 0.110. The van der Waals surface area contributed by atoms with Crippen LogP contribution in [0.2, 0.25) is 0 Å². The van der Waals surface area contributed by atoms with Crippen LogP contribution in [0.15, 0.2) is 57.7 Å². The number of quaternary nitrogens is 1. The van der Waals surface area contributed by atoms with Crippen LogP contribution in [-0.2, 0) is 4.79 Å². The Morgan fingerprint density at radius 1 is 0.943 bits per heavy atom. The number of ether oxygens (including phenoxy) is 1. The van der Waals surface area contributed by atoms with Gasteiger partial charge in [-0.05, 0) is 23.8 Å². The van der Waals surface area contributed by atoms with Crippen LogP contribution in [0.1, 0.15) is 23.5 Å². The van der Waals surface area contributed by atoms with Crippen LogP contribution in [0.5, 0.6) is 28.7 Å². The Morgan fingerprint density at radius 2 is 1.71 bits per heavy atom. The fraction of sp³-hybridized carbons (Fsp3) is 0.0833. The van der Waals surface area contributed by atoms with Gasteiger partial charge in [-0.25, -0.2) is 5.21 Å². The second kappa shape index (κ2) is 8.02. The summed E-state index contributed by atoms with van der Waals surface area (Å²) in [6.07, 6.45) is -0.212. The molecule has 11 nitrogen and oxygen atoms in total. The minimum absolute atomic E-state index is 0.0228. The van der Waals surface area contributed by atoms with Crippen molar-refractivity contribution in [2.45, 2.75) is 12.3 Å². The lowest BCUT2D eigenvalue weighted by atomic mass is 9.85. The van der Waals surface area contributed by atoms with E-state index in [0.29, 0.717) is 5.56 Å². The normalized spacial score (nSPS) is 16.1. The molecule has 11 heteroatoms. The summed E-state index contributed by atoms with van der Waals surface area (Å²) in [5, 5.41) is 59.9. The molecule has 0 radical (unpaired) electrons. The zero-order valence-corrected chi connectivity index (χ0v) is 17.7. The summed E-state index contributed by atoms with van der Waals surface area (Å²) < 4.78 is 11.2. The van der Waals surface area contributed by atoms with Crippen LogP contribution in [0.4, 0.5) is 5.69 Å². The van der Waals surface area contributed by atoms with E-state index in [0.717, 1.165) is 18.2 Å². The van der Waals surface area contributed by atoms with Crippen LogP contribution in [0, 0.1) is 5.21 Å². The number of rotatable bonds is 3. The first-order valence-electron chi connectivity index (χ1n) is 10.3. The predicted octanol–water partition coefficient (Wildman–Crippen LogP) is 2.13. The monoisotopic (exact) mass is 479 g/mol. The van der Waals surface area contributed by atoms with Crippen LogP contribution in [0.3, 0.4) is 0 Å². The van der Waals surface area contributed by atoms with Crippen molar-refractivity contribution in [2.24, 2.45) is 0 Å². The molecule has 1 aliphatic heterocycles. The molecular formula is C24H17NO10.